The number of nitrogens with one attached hydrogen (secondary N) is 1. The molecular weight excluding hydrogens is 196 g/mol. The minimum absolute atomic E-state index is 0.324. The van der Waals surface area contributed by atoms with Crippen LogP contribution in [-0.2, 0) is 0 Å². The number of nitrogens with zero attached hydrogens (tertiary/aromatic N) is 1. The zero-order valence-corrected chi connectivity index (χ0v) is 11.8. The number of hydrogen-bond acceptors (Lipinski definition) is 2. The summed E-state index contributed by atoms with van der Waals surface area (Å²) < 4.78 is 0. The van der Waals surface area contributed by atoms with Crippen LogP contribution < -0.4 is 5.32 Å². The van der Waals surface area contributed by atoms with Gasteiger partial charge in [0.1, 0.15) is 0 Å². The van der Waals surface area contributed by atoms with Crippen LogP contribution in [0.25, 0.3) is 0 Å². The molecule has 1 fully saturated rings. The molecule has 0 bridgehead atoms. The van der Waals surface area contributed by atoms with Gasteiger partial charge in [-0.15, -0.1) is 0 Å². The molecule has 96 valence electrons. The van der Waals surface area contributed by atoms with E-state index >= 15 is 0 Å². The normalized spacial score (nSPS) is 19.1. The molecule has 0 aromatic carbocycles. The van der Waals surface area contributed by atoms with Crippen LogP contribution in [0.4, 0.5) is 0 Å². The maximum Gasteiger partial charge on any atom is 0.0222 e. The highest BCUT2D eigenvalue weighted by Gasteiger charge is 2.29. The van der Waals surface area contributed by atoms with E-state index in [4.69, 9.17) is 0 Å². The highest BCUT2D eigenvalue weighted by Crippen LogP contribution is 2.23. The Morgan fingerprint density at radius 2 is 1.94 bits per heavy atom. The molecule has 2 heteroatoms. The first kappa shape index (κ1) is 14.0. The average Bonchev–Trinajstić information content (AvgIpc) is 3.07. The predicted octanol–water partition coefficient (Wildman–Crippen LogP) is 3.03. The quantitative estimate of drug-likeness (QED) is 0.684. The summed E-state index contributed by atoms with van der Waals surface area (Å²) in [7, 11) is 2.29. The summed E-state index contributed by atoms with van der Waals surface area (Å²) in [5.74, 6) is 0. The lowest BCUT2D eigenvalue weighted by atomic mass is 9.96. The second-order valence-electron chi connectivity index (χ2n) is 5.90. The first-order valence-electron chi connectivity index (χ1n) is 6.97. The van der Waals surface area contributed by atoms with Crippen LogP contribution in [0.3, 0.4) is 0 Å². The van der Waals surface area contributed by atoms with Gasteiger partial charge in [-0.2, -0.15) is 0 Å². The summed E-state index contributed by atoms with van der Waals surface area (Å²) in [6.07, 6.45) is 6.58. The molecule has 16 heavy (non-hydrogen) atoms. The molecule has 0 aromatic heterocycles. The molecule has 0 radical (unpaired) electrons. The fourth-order valence-electron chi connectivity index (χ4n) is 2.10. The zero-order valence-electron chi connectivity index (χ0n) is 11.8. The van der Waals surface area contributed by atoms with E-state index in [9.17, 15) is 0 Å². The topological polar surface area (TPSA) is 15.3 Å². The van der Waals surface area contributed by atoms with Crippen molar-refractivity contribution in [3.63, 3.8) is 0 Å². The Balaban J connectivity index is 2.45. The van der Waals surface area contributed by atoms with E-state index in [1.54, 1.807) is 0 Å². The van der Waals surface area contributed by atoms with Gasteiger partial charge in [-0.1, -0.05) is 20.3 Å². The van der Waals surface area contributed by atoms with Crippen LogP contribution in [0.15, 0.2) is 0 Å². The van der Waals surface area contributed by atoms with Gasteiger partial charge < -0.3 is 5.32 Å². The van der Waals surface area contributed by atoms with Crippen molar-refractivity contribution in [3.8, 4) is 0 Å². The van der Waals surface area contributed by atoms with Gasteiger partial charge in [0.15, 0.2) is 0 Å². The molecule has 0 heterocycles. The lowest BCUT2D eigenvalue weighted by Gasteiger charge is -2.41. The Kier molecular flexibility index (Phi) is 5.26. The van der Waals surface area contributed by atoms with Gasteiger partial charge in [-0.05, 0) is 46.6 Å². The third kappa shape index (κ3) is 4.06. The second kappa shape index (κ2) is 6.02. The zero-order chi connectivity index (χ0) is 12.2. The molecule has 0 spiro atoms. The lowest BCUT2D eigenvalue weighted by molar-refractivity contribution is 0.0901. The van der Waals surface area contributed by atoms with Gasteiger partial charge in [-0.25, -0.2) is 0 Å². The van der Waals surface area contributed by atoms with E-state index in [2.05, 4.69) is 45.0 Å². The number of rotatable bonds is 8. The SMILES string of the molecule is CCCC(CNC1CC1)N(C)C(C)(C)CC. The van der Waals surface area contributed by atoms with E-state index in [-0.39, 0.29) is 0 Å². The molecule has 1 atom stereocenters. The van der Waals surface area contributed by atoms with Gasteiger partial charge in [0.2, 0.25) is 0 Å². The first-order valence-corrected chi connectivity index (χ1v) is 6.97. The Morgan fingerprint density at radius 3 is 2.38 bits per heavy atom. The molecule has 1 aliphatic rings. The molecule has 1 saturated carbocycles. The van der Waals surface area contributed by atoms with Crippen molar-refractivity contribution < 1.29 is 0 Å². The molecule has 1 N–H and O–H groups in total. The smallest absolute Gasteiger partial charge is 0.0222 e. The van der Waals surface area contributed by atoms with E-state index in [1.165, 1.54) is 38.6 Å². The summed E-state index contributed by atoms with van der Waals surface area (Å²) in [5.41, 5.74) is 0.324. The van der Waals surface area contributed by atoms with Crippen molar-refractivity contribution in [1.29, 1.82) is 0 Å². The van der Waals surface area contributed by atoms with Gasteiger partial charge in [0.25, 0.3) is 0 Å². The molecule has 1 unspecified atom stereocenters. The molecule has 0 amide bonds. The van der Waals surface area contributed by atoms with Crippen LogP contribution in [0.1, 0.15) is 59.8 Å². The predicted molar refractivity (Wildman–Crippen MR) is 71.9 cm³/mol. The van der Waals surface area contributed by atoms with Gasteiger partial charge in [0.05, 0.1) is 0 Å². The number of likely N-dealkylation sites (N-methyl/N-ethyl adjacent to an activating group) is 1. The van der Waals surface area contributed by atoms with Gasteiger partial charge in [0, 0.05) is 24.2 Å². The van der Waals surface area contributed by atoms with Crippen LogP contribution in [-0.4, -0.2) is 36.1 Å². The molecule has 0 aromatic rings. The number of hydrogen-bond donors (Lipinski definition) is 1. The van der Waals surface area contributed by atoms with Crippen molar-refractivity contribution in [2.45, 2.75) is 77.4 Å². The van der Waals surface area contributed by atoms with Crippen molar-refractivity contribution >= 4 is 0 Å². The van der Waals surface area contributed by atoms with Crippen LogP contribution in [0, 0.1) is 0 Å². The van der Waals surface area contributed by atoms with E-state index < -0.39 is 0 Å². The molecule has 0 aliphatic heterocycles. The van der Waals surface area contributed by atoms with Gasteiger partial charge >= 0.3 is 0 Å². The van der Waals surface area contributed by atoms with E-state index in [1.807, 2.05) is 0 Å². The molecule has 1 rings (SSSR count). The van der Waals surface area contributed by atoms with E-state index in [0.29, 0.717) is 11.6 Å². The Labute approximate surface area is 102 Å². The van der Waals surface area contributed by atoms with Crippen LogP contribution >= 0.6 is 0 Å². The molecule has 0 saturated heterocycles. The minimum atomic E-state index is 0.324. The highest BCUT2D eigenvalue weighted by molar-refractivity contribution is 4.87. The maximum atomic E-state index is 3.68. The lowest BCUT2D eigenvalue weighted by Crippen LogP contribution is -2.51. The van der Waals surface area contributed by atoms with Gasteiger partial charge in [-0.3, -0.25) is 4.90 Å². The summed E-state index contributed by atoms with van der Waals surface area (Å²) in [6.45, 7) is 10.4. The summed E-state index contributed by atoms with van der Waals surface area (Å²) in [5, 5.41) is 3.68. The van der Waals surface area contributed by atoms with Crippen LogP contribution in [0.5, 0.6) is 0 Å². The van der Waals surface area contributed by atoms with Crippen molar-refractivity contribution in [2.24, 2.45) is 0 Å². The fraction of sp³-hybridized carbons (Fsp3) is 1.00. The van der Waals surface area contributed by atoms with E-state index in [0.717, 1.165) is 6.04 Å². The molecule has 2 nitrogen and oxygen atoms in total. The summed E-state index contributed by atoms with van der Waals surface area (Å²) >= 11 is 0. The fourth-order valence-corrected chi connectivity index (χ4v) is 2.10. The molecular formula is C14H30N2. The Morgan fingerprint density at radius 1 is 1.31 bits per heavy atom. The van der Waals surface area contributed by atoms with Crippen molar-refractivity contribution in [2.75, 3.05) is 13.6 Å². The summed E-state index contributed by atoms with van der Waals surface area (Å²) in [4.78, 5) is 2.58. The second-order valence-corrected chi connectivity index (χ2v) is 5.90. The monoisotopic (exact) mass is 226 g/mol. The molecule has 1 aliphatic carbocycles. The van der Waals surface area contributed by atoms with Crippen molar-refractivity contribution in [1.82, 2.24) is 10.2 Å². The Bertz CT molecular complexity index is 197. The Hall–Kier alpha value is -0.0800. The van der Waals surface area contributed by atoms with Crippen LogP contribution in [0.2, 0.25) is 0 Å². The minimum Gasteiger partial charge on any atom is -0.312 e. The largest absolute Gasteiger partial charge is 0.312 e. The third-order valence-electron chi connectivity index (χ3n) is 4.21. The average molecular weight is 226 g/mol. The third-order valence-corrected chi connectivity index (χ3v) is 4.21. The maximum absolute atomic E-state index is 3.68. The standard InChI is InChI=1S/C14H30N2/c1-6-8-13(11-15-12-9-10-12)16(5)14(3,4)7-2/h12-13,15H,6-11H2,1-5H3. The van der Waals surface area contributed by atoms with Crippen molar-refractivity contribution in [3.05, 3.63) is 0 Å². The highest BCUT2D eigenvalue weighted by atomic mass is 15.2. The first-order chi connectivity index (χ1) is 7.51. The summed E-state index contributed by atoms with van der Waals surface area (Å²) in [6, 6.07) is 1.53.